The molecule has 2 aromatic heterocycles. The van der Waals surface area contributed by atoms with Crippen LogP contribution in [0.1, 0.15) is 26.5 Å². The highest BCUT2D eigenvalue weighted by Gasteiger charge is 2.19. The van der Waals surface area contributed by atoms with Crippen LogP contribution in [-0.4, -0.2) is 32.3 Å². The number of aromatic hydroxyl groups is 1. The molecule has 0 atom stereocenters. The summed E-state index contributed by atoms with van der Waals surface area (Å²) in [6.45, 7) is 4.05. The molecule has 0 aliphatic heterocycles. The summed E-state index contributed by atoms with van der Waals surface area (Å²) in [4.78, 5) is 32.6. The van der Waals surface area contributed by atoms with E-state index in [0.717, 1.165) is 16.1 Å². The van der Waals surface area contributed by atoms with Gasteiger partial charge in [-0.15, -0.1) is 11.3 Å². The monoisotopic (exact) mass is 343 g/mol. The first-order chi connectivity index (χ1) is 11.4. The van der Waals surface area contributed by atoms with E-state index >= 15 is 0 Å². The summed E-state index contributed by atoms with van der Waals surface area (Å²) in [5.41, 5.74) is 1.27. The van der Waals surface area contributed by atoms with Crippen molar-refractivity contribution in [1.29, 1.82) is 0 Å². The van der Waals surface area contributed by atoms with E-state index in [1.807, 2.05) is 19.9 Å². The number of amides is 1. The van der Waals surface area contributed by atoms with Crippen LogP contribution in [0.2, 0.25) is 0 Å². The van der Waals surface area contributed by atoms with Gasteiger partial charge in [-0.3, -0.25) is 14.0 Å². The second-order valence-electron chi connectivity index (χ2n) is 5.67. The topological polar surface area (TPSA) is 74.9 Å². The van der Waals surface area contributed by atoms with Gasteiger partial charge in [-0.2, -0.15) is 0 Å². The minimum absolute atomic E-state index is 0.0380. The van der Waals surface area contributed by atoms with Gasteiger partial charge >= 0.3 is 0 Å². The summed E-state index contributed by atoms with van der Waals surface area (Å²) < 4.78 is 1.48. The van der Waals surface area contributed by atoms with E-state index in [2.05, 4.69) is 4.98 Å². The smallest absolute Gasteiger partial charge is 0.271 e. The molecule has 3 aromatic rings. The first-order valence-electron chi connectivity index (χ1n) is 7.39. The lowest BCUT2D eigenvalue weighted by Crippen LogP contribution is -2.33. The molecule has 2 heterocycles. The number of thiazole rings is 1. The zero-order valence-electron chi connectivity index (χ0n) is 13.6. The Balaban J connectivity index is 1.95. The van der Waals surface area contributed by atoms with Gasteiger partial charge in [0.2, 0.25) is 0 Å². The second kappa shape index (κ2) is 6.09. The molecule has 1 N–H and O–H groups in total. The first-order valence-corrected chi connectivity index (χ1v) is 8.21. The molecule has 0 unspecified atom stereocenters. The van der Waals surface area contributed by atoms with Crippen molar-refractivity contribution < 1.29 is 9.90 Å². The lowest BCUT2D eigenvalue weighted by atomic mass is 10.2. The van der Waals surface area contributed by atoms with Gasteiger partial charge in [0.05, 0.1) is 0 Å². The van der Waals surface area contributed by atoms with E-state index in [9.17, 15) is 14.7 Å². The number of carbonyl (C=O) groups is 1. The number of fused-ring (bicyclic) bond motifs is 1. The summed E-state index contributed by atoms with van der Waals surface area (Å²) in [5.74, 6) is -0.255. The van der Waals surface area contributed by atoms with Crippen molar-refractivity contribution in [3.63, 3.8) is 0 Å². The fraction of sp³-hybridized carbons (Fsp3) is 0.235. The van der Waals surface area contributed by atoms with Crippen LogP contribution in [0, 0.1) is 13.8 Å². The molecule has 1 amide bonds. The first kappa shape index (κ1) is 16.2. The van der Waals surface area contributed by atoms with E-state index in [4.69, 9.17) is 0 Å². The molecule has 0 saturated carbocycles. The van der Waals surface area contributed by atoms with Crippen LogP contribution in [0.15, 0.2) is 35.3 Å². The molecule has 0 saturated heterocycles. The Morgan fingerprint density at radius 1 is 1.38 bits per heavy atom. The number of hydrogen-bond donors (Lipinski definition) is 1. The van der Waals surface area contributed by atoms with Crippen LogP contribution in [0.4, 0.5) is 0 Å². The maximum absolute atomic E-state index is 12.7. The van der Waals surface area contributed by atoms with Gasteiger partial charge in [0.25, 0.3) is 11.5 Å². The summed E-state index contributed by atoms with van der Waals surface area (Å²) in [6, 6.07) is 6.68. The SMILES string of the molecule is Cc1sc2ncc(C(=O)N(C)Cc3cccc(O)c3)c(=O)n2c1C. The standard InChI is InChI=1S/C17H17N3O3S/c1-10-11(2)24-17-18-8-14(16(23)20(10)17)15(22)19(3)9-12-5-4-6-13(21)7-12/h4-8,21H,9H2,1-3H3. The fourth-order valence-corrected chi connectivity index (χ4v) is 3.46. The molecular formula is C17H17N3O3S. The van der Waals surface area contributed by atoms with E-state index in [1.54, 1.807) is 25.2 Å². The second-order valence-corrected chi connectivity index (χ2v) is 6.85. The Morgan fingerprint density at radius 2 is 2.12 bits per heavy atom. The number of aromatic nitrogens is 2. The van der Waals surface area contributed by atoms with E-state index < -0.39 is 5.91 Å². The number of carbonyl (C=O) groups excluding carboxylic acids is 1. The molecule has 0 aliphatic carbocycles. The zero-order valence-corrected chi connectivity index (χ0v) is 14.4. The molecule has 0 aliphatic rings. The van der Waals surface area contributed by atoms with Crippen LogP contribution in [0.3, 0.4) is 0 Å². The third kappa shape index (κ3) is 2.78. The van der Waals surface area contributed by atoms with Crippen LogP contribution >= 0.6 is 11.3 Å². The molecule has 0 radical (unpaired) electrons. The average molecular weight is 343 g/mol. The molecule has 3 rings (SSSR count). The molecule has 1 aromatic carbocycles. The van der Waals surface area contributed by atoms with Crippen molar-refractivity contribution in [2.75, 3.05) is 7.05 Å². The quantitative estimate of drug-likeness (QED) is 0.792. The van der Waals surface area contributed by atoms with Gasteiger partial charge in [-0.05, 0) is 31.5 Å². The molecule has 6 nitrogen and oxygen atoms in total. The number of phenolic OH excluding ortho intramolecular Hbond substituents is 1. The maximum atomic E-state index is 12.7. The van der Waals surface area contributed by atoms with Gasteiger partial charge < -0.3 is 10.0 Å². The number of benzene rings is 1. The molecule has 7 heteroatoms. The average Bonchev–Trinajstić information content (AvgIpc) is 2.82. The molecule has 0 bridgehead atoms. The highest BCUT2D eigenvalue weighted by Crippen LogP contribution is 2.19. The van der Waals surface area contributed by atoms with Crippen molar-refractivity contribution in [3.05, 3.63) is 62.5 Å². The van der Waals surface area contributed by atoms with Crippen molar-refractivity contribution in [1.82, 2.24) is 14.3 Å². The minimum Gasteiger partial charge on any atom is -0.508 e. The Labute approximate surface area is 142 Å². The lowest BCUT2D eigenvalue weighted by molar-refractivity contribution is 0.0782. The predicted octanol–water partition coefficient (Wildman–Crippen LogP) is 2.35. The van der Waals surface area contributed by atoms with Crippen molar-refractivity contribution in [2.24, 2.45) is 0 Å². The van der Waals surface area contributed by atoms with E-state index in [0.29, 0.717) is 4.96 Å². The lowest BCUT2D eigenvalue weighted by Gasteiger charge is -2.17. The van der Waals surface area contributed by atoms with E-state index in [1.165, 1.54) is 26.8 Å². The summed E-state index contributed by atoms with van der Waals surface area (Å²) in [5, 5.41) is 9.51. The molecule has 24 heavy (non-hydrogen) atoms. The number of phenols is 1. The summed E-state index contributed by atoms with van der Waals surface area (Å²) in [7, 11) is 1.62. The largest absolute Gasteiger partial charge is 0.508 e. The molecule has 0 fully saturated rings. The number of rotatable bonds is 3. The third-order valence-electron chi connectivity index (χ3n) is 3.93. The highest BCUT2D eigenvalue weighted by atomic mass is 32.1. The zero-order chi connectivity index (χ0) is 17.4. The molecule has 0 spiro atoms. The third-order valence-corrected chi connectivity index (χ3v) is 5.00. The molecular weight excluding hydrogens is 326 g/mol. The van der Waals surface area contributed by atoms with Crippen LogP contribution in [-0.2, 0) is 6.54 Å². The Kier molecular flexibility index (Phi) is 4.11. The predicted molar refractivity (Wildman–Crippen MR) is 92.7 cm³/mol. The Bertz CT molecular complexity index is 990. The van der Waals surface area contributed by atoms with Gasteiger partial charge in [0.15, 0.2) is 4.96 Å². The number of aryl methyl sites for hydroxylation is 2. The Hall–Kier alpha value is -2.67. The van der Waals surface area contributed by atoms with Crippen molar-refractivity contribution in [2.45, 2.75) is 20.4 Å². The number of hydrogen-bond acceptors (Lipinski definition) is 5. The van der Waals surface area contributed by atoms with Gasteiger partial charge in [-0.25, -0.2) is 4.98 Å². The van der Waals surface area contributed by atoms with E-state index in [-0.39, 0.29) is 23.4 Å². The summed E-state index contributed by atoms with van der Waals surface area (Å²) in [6.07, 6.45) is 1.34. The van der Waals surface area contributed by atoms with Gasteiger partial charge in [-0.1, -0.05) is 12.1 Å². The van der Waals surface area contributed by atoms with Crippen molar-refractivity contribution in [3.8, 4) is 5.75 Å². The summed E-state index contributed by atoms with van der Waals surface area (Å²) >= 11 is 1.43. The Morgan fingerprint density at radius 3 is 2.83 bits per heavy atom. The van der Waals surface area contributed by atoms with Crippen LogP contribution in [0.5, 0.6) is 5.75 Å². The normalized spacial score (nSPS) is 11.0. The van der Waals surface area contributed by atoms with Crippen LogP contribution < -0.4 is 5.56 Å². The highest BCUT2D eigenvalue weighted by molar-refractivity contribution is 7.17. The van der Waals surface area contributed by atoms with Crippen LogP contribution in [0.25, 0.3) is 4.96 Å². The maximum Gasteiger partial charge on any atom is 0.271 e. The molecule has 124 valence electrons. The minimum atomic E-state index is -0.395. The van der Waals surface area contributed by atoms with Gasteiger partial charge in [0, 0.05) is 30.4 Å². The number of nitrogens with zero attached hydrogens (tertiary/aromatic N) is 3. The fourth-order valence-electron chi connectivity index (χ4n) is 2.53. The van der Waals surface area contributed by atoms with Crippen molar-refractivity contribution >= 4 is 22.2 Å². The van der Waals surface area contributed by atoms with Gasteiger partial charge in [0.1, 0.15) is 11.3 Å².